The van der Waals surface area contributed by atoms with E-state index in [0.29, 0.717) is 45.7 Å². The summed E-state index contributed by atoms with van der Waals surface area (Å²) in [5, 5.41) is 9.24. The Morgan fingerprint density at radius 1 is 1.20 bits per heavy atom. The molecule has 2 aromatic carbocycles. The number of thioether (sulfide) groups is 1. The second-order valence-electron chi connectivity index (χ2n) is 8.70. The number of fused-ring (bicyclic) bond motifs is 1. The van der Waals surface area contributed by atoms with Crippen molar-refractivity contribution in [3.63, 3.8) is 0 Å². The first kappa shape index (κ1) is 25.1. The predicted molar refractivity (Wildman–Crippen MR) is 139 cm³/mol. The molecule has 1 aliphatic rings. The van der Waals surface area contributed by atoms with Crippen molar-refractivity contribution >= 4 is 35.3 Å². The van der Waals surface area contributed by atoms with E-state index in [2.05, 4.69) is 24.1 Å². The van der Waals surface area contributed by atoms with Crippen molar-refractivity contribution in [2.75, 3.05) is 19.0 Å². The highest BCUT2D eigenvalue weighted by molar-refractivity contribution is 7.98. The first-order valence-electron chi connectivity index (χ1n) is 11.5. The number of nitrogens with zero attached hydrogens (tertiary/aromatic N) is 3. The average molecular weight is 513 g/mol. The summed E-state index contributed by atoms with van der Waals surface area (Å²) >= 11 is 7.79. The molecule has 0 radical (unpaired) electrons. The molecular formula is C26H29ClN4O3S. The molecule has 0 spiro atoms. The topological polar surface area (TPSA) is 78.3 Å². The van der Waals surface area contributed by atoms with E-state index < -0.39 is 12.0 Å². The molecular weight excluding hydrogens is 484 g/mol. The molecule has 1 unspecified atom stereocenters. The molecule has 1 N–H and O–H groups in total. The number of esters is 1. The number of rotatable bonds is 9. The molecule has 35 heavy (non-hydrogen) atoms. The maximum Gasteiger partial charge on any atom is 0.338 e. The zero-order chi connectivity index (χ0) is 24.9. The van der Waals surface area contributed by atoms with Gasteiger partial charge in [-0.2, -0.15) is 4.98 Å². The van der Waals surface area contributed by atoms with Gasteiger partial charge in [-0.25, -0.2) is 9.48 Å². The number of carbonyl (C=O) groups is 1. The highest BCUT2D eigenvalue weighted by Gasteiger charge is 2.35. The average Bonchev–Trinajstić information content (AvgIpc) is 3.25. The molecule has 2 heterocycles. The monoisotopic (exact) mass is 512 g/mol. The standard InChI is InChI=1S/C26H29ClN4O3S/c1-16(2)13-14-34-20-11-9-18(10-12-20)23-22(24(32)33-4)17(3)28-25-29-26(30-31(23)25)35-15-19-7-5-6-8-21(19)27/h5-12,16,23H,13-15H2,1-4H3,(H,28,29,30). The number of allylic oxidation sites excluding steroid dienone is 1. The molecule has 0 saturated carbocycles. The van der Waals surface area contributed by atoms with Crippen molar-refractivity contribution in [3.05, 3.63) is 76.0 Å². The summed E-state index contributed by atoms with van der Waals surface area (Å²) in [7, 11) is 1.38. The lowest BCUT2D eigenvalue weighted by Crippen LogP contribution is -2.29. The Morgan fingerprint density at radius 3 is 2.63 bits per heavy atom. The SMILES string of the molecule is COC(=O)C1=C(C)Nc2nc(SCc3ccccc3Cl)nn2C1c1ccc(OCCC(C)C)cc1. The van der Waals surface area contributed by atoms with Crippen LogP contribution in [-0.4, -0.2) is 34.5 Å². The lowest BCUT2D eigenvalue weighted by molar-refractivity contribution is -0.136. The minimum atomic E-state index is -0.481. The van der Waals surface area contributed by atoms with Crippen molar-refractivity contribution in [2.45, 2.75) is 44.1 Å². The van der Waals surface area contributed by atoms with Crippen LogP contribution in [0.2, 0.25) is 5.02 Å². The molecule has 1 aromatic heterocycles. The fraction of sp³-hybridized carbons (Fsp3) is 0.346. The van der Waals surface area contributed by atoms with E-state index in [0.717, 1.165) is 23.3 Å². The van der Waals surface area contributed by atoms with E-state index in [4.69, 9.17) is 26.2 Å². The van der Waals surface area contributed by atoms with Gasteiger partial charge in [0, 0.05) is 16.5 Å². The van der Waals surface area contributed by atoms with Crippen LogP contribution in [0.15, 0.2) is 65.0 Å². The van der Waals surface area contributed by atoms with E-state index in [9.17, 15) is 4.79 Å². The second-order valence-corrected chi connectivity index (χ2v) is 10.1. The molecule has 4 rings (SSSR count). The van der Waals surface area contributed by atoms with Crippen LogP contribution in [0.1, 0.15) is 44.4 Å². The first-order valence-corrected chi connectivity index (χ1v) is 12.8. The zero-order valence-electron chi connectivity index (χ0n) is 20.2. The number of aromatic nitrogens is 3. The largest absolute Gasteiger partial charge is 0.494 e. The van der Waals surface area contributed by atoms with Gasteiger partial charge in [0.1, 0.15) is 11.8 Å². The van der Waals surface area contributed by atoms with Gasteiger partial charge >= 0.3 is 5.97 Å². The van der Waals surface area contributed by atoms with Crippen LogP contribution in [0.3, 0.4) is 0 Å². The van der Waals surface area contributed by atoms with Crippen LogP contribution in [-0.2, 0) is 15.3 Å². The van der Waals surface area contributed by atoms with E-state index in [1.807, 2.05) is 55.5 Å². The summed E-state index contributed by atoms with van der Waals surface area (Å²) in [4.78, 5) is 17.4. The van der Waals surface area contributed by atoms with Crippen LogP contribution in [0.5, 0.6) is 5.75 Å². The highest BCUT2D eigenvalue weighted by atomic mass is 35.5. The van der Waals surface area contributed by atoms with Crippen LogP contribution in [0.4, 0.5) is 5.95 Å². The van der Waals surface area contributed by atoms with Crippen LogP contribution < -0.4 is 10.1 Å². The van der Waals surface area contributed by atoms with Crippen LogP contribution in [0.25, 0.3) is 0 Å². The molecule has 0 saturated heterocycles. The molecule has 184 valence electrons. The Hall–Kier alpha value is -2.97. The fourth-order valence-electron chi connectivity index (χ4n) is 3.79. The quantitative estimate of drug-likeness (QED) is 0.273. The number of halogens is 1. The molecule has 0 bridgehead atoms. The van der Waals surface area contributed by atoms with Gasteiger partial charge in [0.05, 0.1) is 19.3 Å². The van der Waals surface area contributed by atoms with Gasteiger partial charge in [-0.15, -0.1) is 5.10 Å². The van der Waals surface area contributed by atoms with E-state index in [1.165, 1.54) is 18.9 Å². The van der Waals surface area contributed by atoms with Gasteiger partial charge in [-0.3, -0.25) is 0 Å². The first-order chi connectivity index (χ1) is 16.9. The van der Waals surface area contributed by atoms with Crippen molar-refractivity contribution in [2.24, 2.45) is 5.92 Å². The number of anilines is 1. The van der Waals surface area contributed by atoms with Crippen LogP contribution in [0, 0.1) is 5.92 Å². The summed E-state index contributed by atoms with van der Waals surface area (Å²) in [5.74, 6) is 2.16. The normalized spacial score (nSPS) is 15.1. The number of hydrogen-bond acceptors (Lipinski definition) is 7. The number of hydrogen-bond donors (Lipinski definition) is 1. The number of methoxy groups -OCH3 is 1. The van der Waals surface area contributed by atoms with Gasteiger partial charge < -0.3 is 14.8 Å². The predicted octanol–water partition coefficient (Wildman–Crippen LogP) is 6.11. The summed E-state index contributed by atoms with van der Waals surface area (Å²) in [6.07, 6.45) is 0.988. The molecule has 0 aliphatic carbocycles. The van der Waals surface area contributed by atoms with Gasteiger partial charge in [0.2, 0.25) is 11.1 Å². The number of benzene rings is 2. The smallest absolute Gasteiger partial charge is 0.338 e. The molecule has 7 nitrogen and oxygen atoms in total. The maximum atomic E-state index is 12.8. The molecule has 0 fully saturated rings. The van der Waals surface area contributed by atoms with Crippen molar-refractivity contribution < 1.29 is 14.3 Å². The van der Waals surface area contributed by atoms with Gasteiger partial charge in [0.15, 0.2) is 0 Å². The van der Waals surface area contributed by atoms with E-state index >= 15 is 0 Å². The van der Waals surface area contributed by atoms with Gasteiger partial charge in [-0.05, 0) is 48.6 Å². The second kappa shape index (κ2) is 11.2. The molecule has 1 atom stereocenters. The van der Waals surface area contributed by atoms with Gasteiger partial charge in [0.25, 0.3) is 0 Å². The number of nitrogens with one attached hydrogen (secondary N) is 1. The Balaban J connectivity index is 1.61. The summed E-state index contributed by atoms with van der Waals surface area (Å²) in [6, 6.07) is 15.0. The van der Waals surface area contributed by atoms with Crippen molar-refractivity contribution in [1.82, 2.24) is 14.8 Å². The minimum absolute atomic E-state index is 0.413. The Kier molecular flexibility index (Phi) is 8.03. The highest BCUT2D eigenvalue weighted by Crippen LogP contribution is 2.37. The van der Waals surface area contributed by atoms with Crippen molar-refractivity contribution in [1.29, 1.82) is 0 Å². The molecule has 0 amide bonds. The van der Waals surface area contributed by atoms with Gasteiger partial charge in [-0.1, -0.05) is 67.5 Å². The minimum Gasteiger partial charge on any atom is -0.494 e. The summed E-state index contributed by atoms with van der Waals surface area (Å²) in [5.41, 5.74) is 3.06. The lowest BCUT2D eigenvalue weighted by atomic mass is 9.96. The molecule has 3 aromatic rings. The number of ether oxygens (including phenoxy) is 2. The third kappa shape index (κ3) is 5.82. The van der Waals surface area contributed by atoms with E-state index in [-0.39, 0.29) is 0 Å². The Morgan fingerprint density at radius 2 is 1.94 bits per heavy atom. The maximum absolute atomic E-state index is 12.8. The summed E-state index contributed by atoms with van der Waals surface area (Å²) < 4.78 is 12.7. The Labute approximate surface area is 214 Å². The lowest BCUT2D eigenvalue weighted by Gasteiger charge is -2.27. The van der Waals surface area contributed by atoms with Crippen molar-refractivity contribution in [3.8, 4) is 5.75 Å². The summed E-state index contributed by atoms with van der Waals surface area (Å²) in [6.45, 7) is 6.85. The number of carbonyl (C=O) groups excluding carboxylic acids is 1. The fourth-order valence-corrected chi connectivity index (χ4v) is 4.91. The van der Waals surface area contributed by atoms with Crippen LogP contribution >= 0.6 is 23.4 Å². The third-order valence-corrected chi connectivity index (χ3v) is 6.97. The Bertz CT molecular complexity index is 1220. The molecule has 9 heteroatoms. The zero-order valence-corrected chi connectivity index (χ0v) is 21.8. The molecule has 1 aliphatic heterocycles. The third-order valence-electron chi connectivity index (χ3n) is 5.71. The van der Waals surface area contributed by atoms with E-state index in [1.54, 1.807) is 4.68 Å².